The second-order valence-electron chi connectivity index (χ2n) is 3.01. The van der Waals surface area contributed by atoms with Crippen molar-refractivity contribution in [3.63, 3.8) is 0 Å². The van der Waals surface area contributed by atoms with Gasteiger partial charge in [0.15, 0.2) is 0 Å². The zero-order valence-electron chi connectivity index (χ0n) is 7.77. The van der Waals surface area contributed by atoms with E-state index in [1.54, 1.807) is 12.1 Å². The van der Waals surface area contributed by atoms with E-state index < -0.39 is 0 Å². The number of phenols is 1. The van der Waals surface area contributed by atoms with Gasteiger partial charge in [0.1, 0.15) is 5.75 Å². The van der Waals surface area contributed by atoms with Crippen molar-refractivity contribution < 1.29 is 5.11 Å². The molecule has 0 aliphatic rings. The number of hydrogen-bond acceptors (Lipinski definition) is 3. The van der Waals surface area contributed by atoms with Gasteiger partial charge in [-0.1, -0.05) is 6.08 Å². The van der Waals surface area contributed by atoms with Crippen molar-refractivity contribution in [1.82, 2.24) is 0 Å². The molecular formula is C11H12N2O. The number of nitrogens with two attached hydrogens (primary N) is 1. The Hall–Kier alpha value is -1.79. The highest BCUT2D eigenvalue weighted by molar-refractivity contribution is 5.43. The van der Waals surface area contributed by atoms with Gasteiger partial charge < -0.3 is 10.8 Å². The highest BCUT2D eigenvalue weighted by Gasteiger charge is 2.10. The summed E-state index contributed by atoms with van der Waals surface area (Å²) in [6.07, 6.45) is 2.27. The third-order valence-corrected chi connectivity index (χ3v) is 1.98. The van der Waals surface area contributed by atoms with Gasteiger partial charge in [-0.25, -0.2) is 0 Å². The largest absolute Gasteiger partial charge is 0.508 e. The van der Waals surface area contributed by atoms with Crippen molar-refractivity contribution >= 4 is 0 Å². The monoisotopic (exact) mass is 188 g/mol. The first-order valence-electron chi connectivity index (χ1n) is 4.28. The third kappa shape index (κ3) is 2.12. The number of rotatable bonds is 3. The van der Waals surface area contributed by atoms with Gasteiger partial charge in [0.05, 0.1) is 11.6 Å². The van der Waals surface area contributed by atoms with Gasteiger partial charge in [-0.2, -0.15) is 5.26 Å². The van der Waals surface area contributed by atoms with Gasteiger partial charge in [-0.05, 0) is 30.2 Å². The molecule has 0 saturated carbocycles. The second-order valence-corrected chi connectivity index (χ2v) is 3.01. The van der Waals surface area contributed by atoms with Crippen LogP contribution >= 0.6 is 0 Å². The molecule has 1 aromatic rings. The maximum absolute atomic E-state index is 9.26. The number of phenolic OH excluding ortho intramolecular Hbond substituents is 1. The van der Waals surface area contributed by atoms with Crippen LogP contribution in [-0.2, 0) is 0 Å². The molecule has 3 heteroatoms. The molecule has 0 spiro atoms. The molecule has 1 rings (SSSR count). The summed E-state index contributed by atoms with van der Waals surface area (Å²) in [5.74, 6) is 0.124. The molecule has 0 bridgehead atoms. The normalized spacial score (nSPS) is 11.7. The van der Waals surface area contributed by atoms with Crippen LogP contribution in [0.25, 0.3) is 0 Å². The maximum atomic E-state index is 9.26. The van der Waals surface area contributed by atoms with Gasteiger partial charge >= 0.3 is 0 Å². The standard InChI is InChI=1S/C11H12N2O/c1-2-3-11(13)10-6-9(14)5-4-8(10)7-12/h2,4-6,11,14H,1,3,13H2. The summed E-state index contributed by atoms with van der Waals surface area (Å²) < 4.78 is 0. The van der Waals surface area contributed by atoms with Crippen LogP contribution in [0.4, 0.5) is 0 Å². The second kappa shape index (κ2) is 4.45. The highest BCUT2D eigenvalue weighted by atomic mass is 16.3. The van der Waals surface area contributed by atoms with Gasteiger partial charge in [-0.15, -0.1) is 6.58 Å². The topological polar surface area (TPSA) is 70.0 Å². The van der Waals surface area contributed by atoms with Gasteiger partial charge in [0.25, 0.3) is 0 Å². The fourth-order valence-corrected chi connectivity index (χ4v) is 1.27. The summed E-state index contributed by atoms with van der Waals surface area (Å²) in [5.41, 5.74) is 6.97. The van der Waals surface area contributed by atoms with Crippen molar-refractivity contribution in [1.29, 1.82) is 5.26 Å². The molecule has 3 nitrogen and oxygen atoms in total. The lowest BCUT2D eigenvalue weighted by molar-refractivity contribution is 0.473. The van der Waals surface area contributed by atoms with Crippen molar-refractivity contribution in [2.75, 3.05) is 0 Å². The van der Waals surface area contributed by atoms with Crippen LogP contribution in [0.1, 0.15) is 23.6 Å². The maximum Gasteiger partial charge on any atom is 0.116 e. The quantitative estimate of drug-likeness (QED) is 0.711. The predicted octanol–water partition coefficient (Wildman–Crippen LogP) is 1.84. The van der Waals surface area contributed by atoms with E-state index in [1.807, 2.05) is 6.07 Å². The molecule has 1 atom stereocenters. The fourth-order valence-electron chi connectivity index (χ4n) is 1.27. The number of benzene rings is 1. The predicted molar refractivity (Wildman–Crippen MR) is 54.6 cm³/mol. The zero-order valence-corrected chi connectivity index (χ0v) is 7.77. The number of hydrogen-bond donors (Lipinski definition) is 2. The molecule has 3 N–H and O–H groups in total. The first kappa shape index (κ1) is 10.3. The summed E-state index contributed by atoms with van der Waals surface area (Å²) in [7, 11) is 0. The molecule has 0 saturated heterocycles. The molecule has 0 aliphatic carbocycles. The lowest BCUT2D eigenvalue weighted by Crippen LogP contribution is -2.10. The minimum absolute atomic E-state index is 0.124. The van der Waals surface area contributed by atoms with Crippen LogP contribution in [0.5, 0.6) is 5.75 Å². The lowest BCUT2D eigenvalue weighted by Gasteiger charge is -2.11. The van der Waals surface area contributed by atoms with E-state index in [0.717, 1.165) is 0 Å². The van der Waals surface area contributed by atoms with Gasteiger partial charge in [0.2, 0.25) is 0 Å². The fraction of sp³-hybridized carbons (Fsp3) is 0.182. The van der Waals surface area contributed by atoms with E-state index in [-0.39, 0.29) is 11.8 Å². The van der Waals surface area contributed by atoms with Crippen molar-refractivity contribution in [3.05, 3.63) is 42.0 Å². The average Bonchev–Trinajstić information content (AvgIpc) is 2.18. The Morgan fingerprint density at radius 1 is 1.64 bits per heavy atom. The Labute approximate surface area is 83.1 Å². The summed E-state index contributed by atoms with van der Waals surface area (Å²) in [6.45, 7) is 3.58. The minimum Gasteiger partial charge on any atom is -0.508 e. The van der Waals surface area contributed by atoms with Crippen molar-refractivity contribution in [3.8, 4) is 11.8 Å². The van der Waals surface area contributed by atoms with E-state index >= 15 is 0 Å². The zero-order chi connectivity index (χ0) is 10.6. The van der Waals surface area contributed by atoms with Crippen LogP contribution in [0.15, 0.2) is 30.9 Å². The van der Waals surface area contributed by atoms with E-state index in [4.69, 9.17) is 11.0 Å². The van der Waals surface area contributed by atoms with E-state index in [1.165, 1.54) is 12.1 Å². The lowest BCUT2D eigenvalue weighted by atomic mass is 9.99. The molecule has 0 radical (unpaired) electrons. The summed E-state index contributed by atoms with van der Waals surface area (Å²) in [5, 5.41) is 18.1. The number of nitriles is 1. The van der Waals surface area contributed by atoms with E-state index in [9.17, 15) is 5.11 Å². The van der Waals surface area contributed by atoms with Crippen LogP contribution < -0.4 is 5.73 Å². The van der Waals surface area contributed by atoms with Crippen molar-refractivity contribution in [2.45, 2.75) is 12.5 Å². The van der Waals surface area contributed by atoms with Gasteiger partial charge in [-0.3, -0.25) is 0 Å². The first-order chi connectivity index (χ1) is 6.69. The number of aromatic hydroxyl groups is 1. The molecule has 14 heavy (non-hydrogen) atoms. The average molecular weight is 188 g/mol. The van der Waals surface area contributed by atoms with Crippen LogP contribution in [0, 0.1) is 11.3 Å². The molecule has 0 aliphatic heterocycles. The molecule has 0 fully saturated rings. The Morgan fingerprint density at radius 3 is 2.93 bits per heavy atom. The molecule has 1 unspecified atom stereocenters. The summed E-state index contributed by atoms with van der Waals surface area (Å²) >= 11 is 0. The third-order valence-electron chi connectivity index (χ3n) is 1.98. The molecule has 72 valence electrons. The molecular weight excluding hydrogens is 176 g/mol. The molecule has 0 heterocycles. The van der Waals surface area contributed by atoms with Crippen LogP contribution in [0.3, 0.4) is 0 Å². The number of nitrogens with zero attached hydrogens (tertiary/aromatic N) is 1. The van der Waals surface area contributed by atoms with Gasteiger partial charge in [0, 0.05) is 6.04 Å². The minimum atomic E-state index is -0.283. The van der Waals surface area contributed by atoms with E-state index in [0.29, 0.717) is 17.5 Å². The van der Waals surface area contributed by atoms with E-state index in [2.05, 4.69) is 6.58 Å². The van der Waals surface area contributed by atoms with Crippen molar-refractivity contribution in [2.24, 2.45) is 5.73 Å². The first-order valence-corrected chi connectivity index (χ1v) is 4.28. The Morgan fingerprint density at radius 2 is 2.36 bits per heavy atom. The molecule has 1 aromatic carbocycles. The highest BCUT2D eigenvalue weighted by Crippen LogP contribution is 2.23. The van der Waals surface area contributed by atoms with Crippen LogP contribution in [-0.4, -0.2) is 5.11 Å². The smallest absolute Gasteiger partial charge is 0.116 e. The molecule has 0 amide bonds. The summed E-state index contributed by atoms with van der Waals surface area (Å²) in [4.78, 5) is 0. The SMILES string of the molecule is C=CCC(N)c1cc(O)ccc1C#N. The Balaban J connectivity index is 3.11. The summed E-state index contributed by atoms with van der Waals surface area (Å²) in [6, 6.07) is 6.31. The molecule has 0 aromatic heterocycles. The Bertz CT molecular complexity index is 379. The van der Waals surface area contributed by atoms with Crippen LogP contribution in [0.2, 0.25) is 0 Å². The Kier molecular flexibility index (Phi) is 3.27.